The van der Waals surface area contributed by atoms with E-state index < -0.39 is 0 Å². The topological polar surface area (TPSA) is 54.3 Å². The van der Waals surface area contributed by atoms with Gasteiger partial charge >= 0.3 is 0 Å². The van der Waals surface area contributed by atoms with Gasteiger partial charge in [0, 0.05) is 34.6 Å². The van der Waals surface area contributed by atoms with Gasteiger partial charge < -0.3 is 15.1 Å². The zero-order valence-electron chi connectivity index (χ0n) is 13.5. The summed E-state index contributed by atoms with van der Waals surface area (Å²) in [7, 11) is 0. The maximum absolute atomic E-state index is 12.6. The molecule has 2 aromatic rings. The van der Waals surface area contributed by atoms with Crippen LogP contribution < -0.4 is 10.6 Å². The van der Waals surface area contributed by atoms with E-state index >= 15 is 0 Å². The van der Waals surface area contributed by atoms with Crippen molar-refractivity contribution in [2.75, 3.05) is 0 Å². The standard InChI is InChI=1S/C18H22N2O2.ClH/c1-10(2)14-9-22-17-6-3-11(7-13(14)17)18(21)20-16-8-12-4-5-15(16)19-12;/h3,6-7,9-10,12,15-16,19H,4-5,8H2,1-2H3,(H,20,21);1H/t12-,15+,16-;/m1./s1. The second kappa shape index (κ2) is 6.17. The van der Waals surface area contributed by atoms with Crippen molar-refractivity contribution >= 4 is 29.3 Å². The van der Waals surface area contributed by atoms with E-state index in [4.69, 9.17) is 4.42 Å². The molecule has 2 saturated heterocycles. The van der Waals surface area contributed by atoms with E-state index in [9.17, 15) is 4.79 Å². The van der Waals surface area contributed by atoms with Crippen LogP contribution >= 0.6 is 12.4 Å². The zero-order chi connectivity index (χ0) is 15.3. The highest BCUT2D eigenvalue weighted by Crippen LogP contribution is 2.30. The molecular formula is C18H23ClN2O2. The number of hydrogen-bond donors (Lipinski definition) is 2. The summed E-state index contributed by atoms with van der Waals surface area (Å²) in [5.41, 5.74) is 2.73. The molecule has 3 atom stereocenters. The number of benzene rings is 1. The summed E-state index contributed by atoms with van der Waals surface area (Å²) in [6.07, 6.45) is 5.28. The molecular weight excluding hydrogens is 312 g/mol. The fraction of sp³-hybridized carbons (Fsp3) is 0.500. The predicted molar refractivity (Wildman–Crippen MR) is 93.4 cm³/mol. The third-order valence-corrected chi connectivity index (χ3v) is 5.10. The molecule has 4 rings (SSSR count). The number of halogens is 1. The average Bonchev–Trinajstić information content (AvgIpc) is 3.20. The van der Waals surface area contributed by atoms with Crippen LogP contribution in [0.2, 0.25) is 0 Å². The summed E-state index contributed by atoms with van der Waals surface area (Å²) in [6, 6.07) is 7.04. The van der Waals surface area contributed by atoms with Crippen LogP contribution in [-0.2, 0) is 0 Å². The number of rotatable bonds is 3. The van der Waals surface area contributed by atoms with Crippen molar-refractivity contribution in [1.82, 2.24) is 10.6 Å². The Morgan fingerprint density at radius 3 is 2.83 bits per heavy atom. The van der Waals surface area contributed by atoms with Crippen LogP contribution in [0, 0.1) is 0 Å². The first-order valence-electron chi connectivity index (χ1n) is 8.20. The first kappa shape index (κ1) is 16.3. The molecule has 1 aromatic carbocycles. The van der Waals surface area contributed by atoms with E-state index in [1.54, 1.807) is 6.26 Å². The van der Waals surface area contributed by atoms with Crippen LogP contribution in [0.5, 0.6) is 0 Å². The lowest BCUT2D eigenvalue weighted by Crippen LogP contribution is -2.42. The molecule has 0 radical (unpaired) electrons. The summed E-state index contributed by atoms with van der Waals surface area (Å²) >= 11 is 0. The average molecular weight is 335 g/mol. The van der Waals surface area contributed by atoms with Crippen LogP contribution in [0.3, 0.4) is 0 Å². The molecule has 0 spiro atoms. The van der Waals surface area contributed by atoms with Gasteiger partial charge in [-0.05, 0) is 43.4 Å². The van der Waals surface area contributed by atoms with Crippen molar-refractivity contribution in [2.45, 2.75) is 57.2 Å². The number of carbonyl (C=O) groups excluding carboxylic acids is 1. The molecule has 4 nitrogen and oxygen atoms in total. The first-order chi connectivity index (χ1) is 10.6. The number of fused-ring (bicyclic) bond motifs is 3. The Bertz CT molecular complexity index is 725. The molecule has 2 fully saturated rings. The number of carbonyl (C=O) groups is 1. The third-order valence-electron chi connectivity index (χ3n) is 5.10. The van der Waals surface area contributed by atoms with E-state index in [0.29, 0.717) is 18.0 Å². The minimum atomic E-state index is 0. The molecule has 0 aliphatic carbocycles. The van der Waals surface area contributed by atoms with E-state index in [-0.39, 0.29) is 24.4 Å². The number of amides is 1. The summed E-state index contributed by atoms with van der Waals surface area (Å²) in [6.45, 7) is 4.27. The zero-order valence-corrected chi connectivity index (χ0v) is 14.3. The van der Waals surface area contributed by atoms with Crippen molar-refractivity contribution in [3.05, 3.63) is 35.6 Å². The van der Waals surface area contributed by atoms with E-state index in [2.05, 4.69) is 24.5 Å². The summed E-state index contributed by atoms with van der Waals surface area (Å²) < 4.78 is 5.58. The van der Waals surface area contributed by atoms with Gasteiger partial charge in [-0.25, -0.2) is 0 Å². The molecule has 3 heterocycles. The Morgan fingerprint density at radius 1 is 1.35 bits per heavy atom. The van der Waals surface area contributed by atoms with Crippen LogP contribution in [0.1, 0.15) is 54.9 Å². The Kier molecular flexibility index (Phi) is 4.39. The minimum absolute atomic E-state index is 0. The van der Waals surface area contributed by atoms with Crippen molar-refractivity contribution in [1.29, 1.82) is 0 Å². The van der Waals surface area contributed by atoms with Crippen LogP contribution in [0.15, 0.2) is 28.9 Å². The largest absolute Gasteiger partial charge is 0.464 e. The lowest BCUT2D eigenvalue weighted by molar-refractivity contribution is 0.0931. The van der Waals surface area contributed by atoms with Gasteiger partial charge in [0.25, 0.3) is 5.91 Å². The van der Waals surface area contributed by atoms with Crippen molar-refractivity contribution in [2.24, 2.45) is 0 Å². The molecule has 1 amide bonds. The van der Waals surface area contributed by atoms with Gasteiger partial charge in [0.15, 0.2) is 0 Å². The van der Waals surface area contributed by atoms with Gasteiger partial charge in [-0.1, -0.05) is 13.8 Å². The summed E-state index contributed by atoms with van der Waals surface area (Å²) in [4.78, 5) is 12.6. The van der Waals surface area contributed by atoms with E-state index in [1.807, 2.05) is 18.2 Å². The Balaban J connectivity index is 0.00000156. The Labute approximate surface area is 142 Å². The molecule has 1 aromatic heterocycles. The molecule has 2 aliphatic heterocycles. The molecule has 2 bridgehead atoms. The first-order valence-corrected chi connectivity index (χ1v) is 8.20. The third kappa shape index (κ3) is 2.86. The highest BCUT2D eigenvalue weighted by molar-refractivity contribution is 5.98. The Morgan fingerprint density at radius 2 is 2.17 bits per heavy atom. The number of furan rings is 1. The van der Waals surface area contributed by atoms with Gasteiger partial charge in [0.05, 0.1) is 6.26 Å². The maximum Gasteiger partial charge on any atom is 0.251 e. The fourth-order valence-corrected chi connectivity index (χ4v) is 3.87. The van der Waals surface area contributed by atoms with Gasteiger partial charge in [-0.2, -0.15) is 0 Å². The maximum atomic E-state index is 12.6. The van der Waals surface area contributed by atoms with Crippen molar-refractivity contribution < 1.29 is 9.21 Å². The minimum Gasteiger partial charge on any atom is -0.464 e. The smallest absolute Gasteiger partial charge is 0.251 e. The second-order valence-corrected chi connectivity index (χ2v) is 6.92. The van der Waals surface area contributed by atoms with Gasteiger partial charge in [0.2, 0.25) is 0 Å². The second-order valence-electron chi connectivity index (χ2n) is 6.92. The molecule has 2 N–H and O–H groups in total. The van der Waals surface area contributed by atoms with Crippen molar-refractivity contribution in [3.63, 3.8) is 0 Å². The molecule has 124 valence electrons. The monoisotopic (exact) mass is 334 g/mol. The SMILES string of the molecule is CC(C)c1coc2ccc(C(=O)N[C@@H]3C[C@H]4CC[C@@H]3N4)cc12.Cl. The molecule has 2 aliphatic rings. The van der Waals surface area contributed by atoms with Crippen LogP contribution in [-0.4, -0.2) is 24.0 Å². The summed E-state index contributed by atoms with van der Waals surface area (Å²) in [5, 5.41) is 7.80. The fourth-order valence-electron chi connectivity index (χ4n) is 3.87. The molecule has 5 heteroatoms. The van der Waals surface area contributed by atoms with Crippen LogP contribution in [0.25, 0.3) is 11.0 Å². The predicted octanol–water partition coefficient (Wildman–Crippen LogP) is 3.60. The molecule has 0 unspecified atom stereocenters. The molecule has 0 saturated carbocycles. The number of hydrogen-bond acceptors (Lipinski definition) is 3. The highest BCUT2D eigenvalue weighted by atomic mass is 35.5. The van der Waals surface area contributed by atoms with Crippen LogP contribution in [0.4, 0.5) is 0 Å². The van der Waals surface area contributed by atoms with E-state index in [1.165, 1.54) is 12.8 Å². The van der Waals surface area contributed by atoms with Gasteiger partial charge in [0.1, 0.15) is 5.58 Å². The quantitative estimate of drug-likeness (QED) is 0.901. The summed E-state index contributed by atoms with van der Waals surface area (Å²) in [5.74, 6) is 0.409. The van der Waals surface area contributed by atoms with E-state index in [0.717, 1.165) is 28.5 Å². The lowest BCUT2D eigenvalue weighted by atomic mass is 9.95. The van der Waals surface area contributed by atoms with Crippen molar-refractivity contribution in [3.8, 4) is 0 Å². The highest BCUT2D eigenvalue weighted by Gasteiger charge is 2.39. The normalized spacial score (nSPS) is 25.8. The van der Waals surface area contributed by atoms with Gasteiger partial charge in [-0.3, -0.25) is 4.79 Å². The van der Waals surface area contributed by atoms with Gasteiger partial charge in [-0.15, -0.1) is 12.4 Å². The Hall–Kier alpha value is -1.52. The lowest BCUT2D eigenvalue weighted by Gasteiger charge is -2.21. The number of nitrogens with one attached hydrogen (secondary N) is 2. The molecule has 23 heavy (non-hydrogen) atoms.